The average Bonchev–Trinajstić information content (AvgIpc) is 2.62. The maximum atomic E-state index is 9.64. The number of aromatic hydroxyl groups is 1. The van der Waals surface area contributed by atoms with Crippen molar-refractivity contribution in [3.8, 4) is 16.9 Å². The van der Waals surface area contributed by atoms with Gasteiger partial charge in [0.1, 0.15) is 5.75 Å². The predicted molar refractivity (Wildman–Crippen MR) is 102 cm³/mol. The van der Waals surface area contributed by atoms with Crippen LogP contribution in [0.25, 0.3) is 11.1 Å². The van der Waals surface area contributed by atoms with Crippen LogP contribution in [-0.2, 0) is 5.41 Å². The van der Waals surface area contributed by atoms with Crippen molar-refractivity contribution in [2.24, 2.45) is 0 Å². The van der Waals surface area contributed by atoms with Crippen LogP contribution in [0.3, 0.4) is 0 Å². The van der Waals surface area contributed by atoms with Gasteiger partial charge in [0.05, 0.1) is 0 Å². The van der Waals surface area contributed by atoms with Crippen molar-refractivity contribution in [2.75, 3.05) is 0 Å². The molecule has 23 heavy (non-hydrogen) atoms. The molecule has 0 spiro atoms. The lowest BCUT2D eigenvalue weighted by Gasteiger charge is -2.31. The Bertz CT molecular complexity index is 584. The van der Waals surface area contributed by atoms with Crippen LogP contribution in [0.5, 0.6) is 5.75 Å². The first kappa shape index (κ1) is 19.3. The minimum absolute atomic E-state index is 0.309. The lowest BCUT2D eigenvalue weighted by molar-refractivity contribution is 0.382. The SMILES string of the molecule is CC.CCC(CC)(CC)c1ccc(-c2ccc(O)c(C)c2)cc1. The Morgan fingerprint density at radius 3 is 1.70 bits per heavy atom. The van der Waals surface area contributed by atoms with Crippen LogP contribution in [-0.4, -0.2) is 5.11 Å². The van der Waals surface area contributed by atoms with E-state index in [9.17, 15) is 5.11 Å². The summed E-state index contributed by atoms with van der Waals surface area (Å²) >= 11 is 0. The average molecular weight is 312 g/mol. The van der Waals surface area contributed by atoms with Crippen LogP contribution in [0.4, 0.5) is 0 Å². The molecule has 0 aliphatic rings. The van der Waals surface area contributed by atoms with Crippen LogP contribution in [0.2, 0.25) is 0 Å². The molecule has 0 atom stereocenters. The van der Waals surface area contributed by atoms with Gasteiger partial charge < -0.3 is 5.11 Å². The Morgan fingerprint density at radius 2 is 1.26 bits per heavy atom. The van der Waals surface area contributed by atoms with E-state index in [0.29, 0.717) is 11.2 Å². The molecule has 0 saturated carbocycles. The van der Waals surface area contributed by atoms with Crippen LogP contribution in [0, 0.1) is 6.92 Å². The lowest BCUT2D eigenvalue weighted by atomic mass is 9.73. The zero-order chi connectivity index (χ0) is 17.5. The zero-order valence-electron chi connectivity index (χ0n) is 15.6. The third kappa shape index (κ3) is 4.16. The molecular formula is C22H32O. The minimum Gasteiger partial charge on any atom is -0.508 e. The van der Waals surface area contributed by atoms with Crippen molar-refractivity contribution in [3.05, 3.63) is 53.6 Å². The Labute approximate surface area is 142 Å². The standard InChI is InChI=1S/C20H26O.C2H6/c1-5-20(6-2,7-3)18-11-8-16(9-12-18)17-10-13-19(21)15(4)14-17;1-2/h8-14,21H,5-7H2,1-4H3;1-2H3. The van der Waals surface area contributed by atoms with Gasteiger partial charge in [0.2, 0.25) is 0 Å². The number of aryl methyl sites for hydroxylation is 1. The highest BCUT2D eigenvalue weighted by Gasteiger charge is 2.25. The van der Waals surface area contributed by atoms with E-state index >= 15 is 0 Å². The van der Waals surface area contributed by atoms with E-state index in [2.05, 4.69) is 45.0 Å². The fourth-order valence-electron chi connectivity index (χ4n) is 3.21. The molecule has 0 heterocycles. The summed E-state index contributed by atoms with van der Waals surface area (Å²) < 4.78 is 0. The first-order chi connectivity index (χ1) is 11.1. The highest BCUT2D eigenvalue weighted by atomic mass is 16.3. The third-order valence-corrected chi connectivity index (χ3v) is 5.06. The summed E-state index contributed by atoms with van der Waals surface area (Å²) in [6.07, 6.45) is 3.53. The fraction of sp³-hybridized carbons (Fsp3) is 0.455. The Morgan fingerprint density at radius 1 is 0.783 bits per heavy atom. The lowest BCUT2D eigenvalue weighted by Crippen LogP contribution is -2.23. The Kier molecular flexibility index (Phi) is 7.35. The summed E-state index contributed by atoms with van der Waals surface area (Å²) in [5, 5.41) is 9.64. The molecule has 1 N–H and O–H groups in total. The van der Waals surface area contributed by atoms with Crippen molar-refractivity contribution in [1.29, 1.82) is 0 Å². The molecule has 0 aliphatic heterocycles. The summed E-state index contributed by atoms with van der Waals surface area (Å²) in [6, 6.07) is 14.7. The van der Waals surface area contributed by atoms with Gasteiger partial charge in [-0.1, -0.05) is 65.0 Å². The number of hydrogen-bond acceptors (Lipinski definition) is 1. The number of hydrogen-bond donors (Lipinski definition) is 1. The molecule has 0 aliphatic carbocycles. The van der Waals surface area contributed by atoms with E-state index in [1.54, 1.807) is 6.07 Å². The zero-order valence-corrected chi connectivity index (χ0v) is 15.6. The maximum Gasteiger partial charge on any atom is 0.118 e. The van der Waals surface area contributed by atoms with Crippen molar-refractivity contribution >= 4 is 0 Å². The van der Waals surface area contributed by atoms with Gasteiger partial charge in [-0.15, -0.1) is 0 Å². The van der Waals surface area contributed by atoms with Gasteiger partial charge in [-0.2, -0.15) is 0 Å². The molecule has 1 heteroatoms. The van der Waals surface area contributed by atoms with Crippen molar-refractivity contribution in [2.45, 2.75) is 66.2 Å². The molecule has 0 bridgehead atoms. The Balaban J connectivity index is 0.00000127. The number of rotatable bonds is 5. The molecule has 2 aromatic carbocycles. The minimum atomic E-state index is 0.309. The molecule has 126 valence electrons. The maximum absolute atomic E-state index is 9.64. The van der Waals surface area contributed by atoms with Gasteiger partial charge >= 0.3 is 0 Å². The van der Waals surface area contributed by atoms with E-state index in [1.807, 2.05) is 32.9 Å². The van der Waals surface area contributed by atoms with Gasteiger partial charge in [-0.05, 0) is 66.0 Å². The highest BCUT2D eigenvalue weighted by molar-refractivity contribution is 5.66. The molecule has 0 aromatic heterocycles. The second kappa shape index (κ2) is 8.76. The van der Waals surface area contributed by atoms with Crippen molar-refractivity contribution < 1.29 is 5.11 Å². The van der Waals surface area contributed by atoms with E-state index < -0.39 is 0 Å². The topological polar surface area (TPSA) is 20.2 Å². The van der Waals surface area contributed by atoms with Crippen LogP contribution >= 0.6 is 0 Å². The molecule has 0 radical (unpaired) electrons. The second-order valence-corrected chi connectivity index (χ2v) is 5.92. The fourth-order valence-corrected chi connectivity index (χ4v) is 3.21. The first-order valence-corrected chi connectivity index (χ1v) is 8.96. The van der Waals surface area contributed by atoms with Crippen LogP contribution in [0.15, 0.2) is 42.5 Å². The number of phenolic OH excluding ortho intramolecular Hbond substituents is 1. The van der Waals surface area contributed by atoms with Gasteiger partial charge in [0.25, 0.3) is 0 Å². The van der Waals surface area contributed by atoms with Gasteiger partial charge in [0.15, 0.2) is 0 Å². The summed E-state index contributed by atoms with van der Waals surface area (Å²) in [5.41, 5.74) is 5.03. The van der Waals surface area contributed by atoms with Gasteiger partial charge in [-0.3, -0.25) is 0 Å². The number of benzene rings is 2. The number of phenols is 1. The van der Waals surface area contributed by atoms with E-state index in [4.69, 9.17) is 0 Å². The quantitative estimate of drug-likeness (QED) is 0.639. The molecule has 0 fully saturated rings. The van der Waals surface area contributed by atoms with E-state index in [1.165, 1.54) is 30.4 Å². The summed E-state index contributed by atoms with van der Waals surface area (Å²) in [4.78, 5) is 0. The van der Waals surface area contributed by atoms with Crippen LogP contribution in [0.1, 0.15) is 65.0 Å². The Hall–Kier alpha value is -1.76. The van der Waals surface area contributed by atoms with Gasteiger partial charge in [-0.25, -0.2) is 0 Å². The molecule has 0 amide bonds. The third-order valence-electron chi connectivity index (χ3n) is 5.06. The molecule has 0 unspecified atom stereocenters. The largest absolute Gasteiger partial charge is 0.508 e. The summed E-state index contributed by atoms with van der Waals surface area (Å²) in [5.74, 6) is 0.359. The molecule has 0 saturated heterocycles. The predicted octanol–water partition coefficient (Wildman–Crippen LogP) is 6.86. The van der Waals surface area contributed by atoms with Crippen molar-refractivity contribution in [3.63, 3.8) is 0 Å². The van der Waals surface area contributed by atoms with Crippen LogP contribution < -0.4 is 0 Å². The molecule has 2 rings (SSSR count). The smallest absolute Gasteiger partial charge is 0.118 e. The van der Waals surface area contributed by atoms with E-state index in [0.717, 1.165) is 11.1 Å². The monoisotopic (exact) mass is 312 g/mol. The summed E-state index contributed by atoms with van der Waals surface area (Å²) in [6.45, 7) is 12.8. The van der Waals surface area contributed by atoms with Crippen molar-refractivity contribution in [1.82, 2.24) is 0 Å². The molecule has 1 nitrogen and oxygen atoms in total. The highest BCUT2D eigenvalue weighted by Crippen LogP contribution is 2.36. The molecular weight excluding hydrogens is 280 g/mol. The normalized spacial score (nSPS) is 10.9. The molecule has 2 aromatic rings. The van der Waals surface area contributed by atoms with E-state index in [-0.39, 0.29) is 0 Å². The second-order valence-electron chi connectivity index (χ2n) is 5.92. The first-order valence-electron chi connectivity index (χ1n) is 8.96. The van der Waals surface area contributed by atoms with Gasteiger partial charge in [0, 0.05) is 0 Å². The summed E-state index contributed by atoms with van der Waals surface area (Å²) in [7, 11) is 0.